The third kappa shape index (κ3) is 5.97. The van der Waals surface area contributed by atoms with Crippen molar-refractivity contribution in [3.05, 3.63) is 95.1 Å². The summed E-state index contributed by atoms with van der Waals surface area (Å²) >= 11 is 0. The summed E-state index contributed by atoms with van der Waals surface area (Å²) in [5, 5.41) is 21.1. The number of nitrogens with one attached hydrogen (secondary N) is 1. The second kappa shape index (κ2) is 10.5. The van der Waals surface area contributed by atoms with Gasteiger partial charge < -0.3 is 19.9 Å². The molecule has 3 aromatic carbocycles. The number of hydrogen-bond donors (Lipinski definition) is 2. The second-order valence-corrected chi connectivity index (χ2v) is 6.72. The number of benzene rings is 3. The minimum absolute atomic E-state index is 0.0535. The average Bonchev–Trinajstić information content (AvgIpc) is 2.82. The Bertz CT molecular complexity index is 1180. The third-order valence-corrected chi connectivity index (χ3v) is 4.49. The van der Waals surface area contributed by atoms with Crippen molar-refractivity contribution in [2.45, 2.75) is 6.61 Å². The smallest absolute Gasteiger partial charge is 0.335 e. The molecule has 0 aliphatic carbocycles. The first-order valence-electron chi connectivity index (χ1n) is 9.61. The fourth-order valence-electron chi connectivity index (χ4n) is 2.79. The Morgan fingerprint density at radius 1 is 1.03 bits per heavy atom. The summed E-state index contributed by atoms with van der Waals surface area (Å²) in [5.74, 6) is -0.300. The summed E-state index contributed by atoms with van der Waals surface area (Å²) in [4.78, 5) is 23.4. The highest BCUT2D eigenvalue weighted by Gasteiger charge is 2.10. The largest absolute Gasteiger partial charge is 0.497 e. The first-order valence-corrected chi connectivity index (χ1v) is 9.61. The summed E-state index contributed by atoms with van der Waals surface area (Å²) in [6.07, 6.45) is 1.48. The van der Waals surface area contributed by atoms with E-state index in [-0.39, 0.29) is 17.7 Å². The molecule has 1 amide bonds. The van der Waals surface area contributed by atoms with Crippen LogP contribution in [0.4, 0.5) is 5.69 Å². The maximum absolute atomic E-state index is 12.5. The van der Waals surface area contributed by atoms with Gasteiger partial charge in [-0.25, -0.2) is 4.79 Å². The zero-order valence-corrected chi connectivity index (χ0v) is 17.2. The molecule has 0 bridgehead atoms. The molecule has 7 heteroatoms. The first kappa shape index (κ1) is 22.1. The minimum atomic E-state index is -0.985. The van der Waals surface area contributed by atoms with Crippen molar-refractivity contribution in [1.82, 2.24) is 0 Å². The Morgan fingerprint density at radius 2 is 1.75 bits per heavy atom. The standard InChI is InChI=1S/C25H20N2O5/c1-31-22-11-9-21(10-12-22)27-24(28)20(15-26)13-18-3-2-4-23(14-18)32-16-17-5-7-19(8-6-17)25(29)30/h2-14H,16H2,1H3,(H,27,28)(H,29,30)/b20-13-. The van der Waals surface area contributed by atoms with E-state index < -0.39 is 11.9 Å². The van der Waals surface area contributed by atoms with Crippen LogP contribution < -0.4 is 14.8 Å². The molecule has 3 aromatic rings. The van der Waals surface area contributed by atoms with E-state index in [1.54, 1.807) is 67.8 Å². The number of nitriles is 1. The van der Waals surface area contributed by atoms with Crippen LogP contribution >= 0.6 is 0 Å². The van der Waals surface area contributed by atoms with Crippen molar-refractivity contribution >= 4 is 23.6 Å². The fourth-order valence-corrected chi connectivity index (χ4v) is 2.79. The molecular formula is C25H20N2O5. The van der Waals surface area contributed by atoms with Crippen molar-refractivity contribution in [2.24, 2.45) is 0 Å². The number of amides is 1. The van der Waals surface area contributed by atoms with E-state index in [9.17, 15) is 14.9 Å². The molecule has 0 spiro atoms. The number of hydrogen-bond acceptors (Lipinski definition) is 5. The Kier molecular flexibility index (Phi) is 7.23. The molecule has 3 rings (SSSR count). The maximum Gasteiger partial charge on any atom is 0.335 e. The van der Waals surface area contributed by atoms with E-state index in [0.717, 1.165) is 5.56 Å². The van der Waals surface area contributed by atoms with Gasteiger partial charge in [-0.2, -0.15) is 5.26 Å². The van der Waals surface area contributed by atoms with Crippen LogP contribution in [0.5, 0.6) is 11.5 Å². The van der Waals surface area contributed by atoms with Crippen LogP contribution in [0.1, 0.15) is 21.5 Å². The number of ether oxygens (including phenoxy) is 2. The molecule has 0 fully saturated rings. The van der Waals surface area contributed by atoms with Crippen molar-refractivity contribution < 1.29 is 24.2 Å². The zero-order chi connectivity index (χ0) is 22.9. The van der Waals surface area contributed by atoms with Gasteiger partial charge in [0.1, 0.15) is 29.7 Å². The molecule has 0 heterocycles. The van der Waals surface area contributed by atoms with Crippen LogP contribution in [0, 0.1) is 11.3 Å². The van der Waals surface area contributed by atoms with Gasteiger partial charge in [-0.1, -0.05) is 24.3 Å². The normalized spacial score (nSPS) is 10.7. The molecule has 2 N–H and O–H groups in total. The van der Waals surface area contributed by atoms with Crippen molar-refractivity contribution in [2.75, 3.05) is 12.4 Å². The minimum Gasteiger partial charge on any atom is -0.497 e. The summed E-state index contributed by atoms with van der Waals surface area (Å²) in [6, 6.07) is 22.1. The van der Waals surface area contributed by atoms with E-state index in [1.165, 1.54) is 18.2 Å². The molecule has 160 valence electrons. The van der Waals surface area contributed by atoms with Crippen molar-refractivity contribution in [3.63, 3.8) is 0 Å². The van der Waals surface area contributed by atoms with Gasteiger partial charge in [0.25, 0.3) is 5.91 Å². The van der Waals surface area contributed by atoms with Gasteiger partial charge >= 0.3 is 5.97 Å². The molecule has 32 heavy (non-hydrogen) atoms. The molecule has 0 radical (unpaired) electrons. The monoisotopic (exact) mass is 428 g/mol. The quantitative estimate of drug-likeness (QED) is 0.403. The molecule has 0 aliphatic heterocycles. The number of aromatic carboxylic acids is 1. The lowest BCUT2D eigenvalue weighted by molar-refractivity contribution is -0.112. The summed E-state index contributed by atoms with van der Waals surface area (Å²) in [5.41, 5.74) is 2.14. The predicted octanol–water partition coefficient (Wildman–Crippen LogP) is 4.52. The Balaban J connectivity index is 1.67. The number of carbonyl (C=O) groups excluding carboxylic acids is 1. The first-order chi connectivity index (χ1) is 15.5. The van der Waals surface area contributed by atoms with Gasteiger partial charge in [0.2, 0.25) is 0 Å². The molecule has 0 unspecified atom stereocenters. The molecule has 7 nitrogen and oxygen atoms in total. The van der Waals surface area contributed by atoms with Gasteiger partial charge in [-0.05, 0) is 65.7 Å². The number of rotatable bonds is 8. The second-order valence-electron chi connectivity index (χ2n) is 6.72. The van der Waals surface area contributed by atoms with Crippen LogP contribution in [0.2, 0.25) is 0 Å². The summed E-state index contributed by atoms with van der Waals surface area (Å²) < 4.78 is 10.8. The van der Waals surface area contributed by atoms with Crippen LogP contribution in [-0.4, -0.2) is 24.1 Å². The van der Waals surface area contributed by atoms with Crippen LogP contribution in [0.3, 0.4) is 0 Å². The van der Waals surface area contributed by atoms with Gasteiger partial charge in [0, 0.05) is 5.69 Å². The van der Waals surface area contributed by atoms with Crippen molar-refractivity contribution in [1.29, 1.82) is 5.26 Å². The lowest BCUT2D eigenvalue weighted by Gasteiger charge is -2.08. The van der Waals surface area contributed by atoms with Gasteiger partial charge in [-0.15, -0.1) is 0 Å². The highest BCUT2D eigenvalue weighted by Crippen LogP contribution is 2.19. The highest BCUT2D eigenvalue weighted by atomic mass is 16.5. The van der Waals surface area contributed by atoms with Crippen LogP contribution in [-0.2, 0) is 11.4 Å². The Labute approximate surface area is 185 Å². The molecule has 0 saturated carbocycles. The van der Waals surface area contributed by atoms with E-state index in [1.807, 2.05) is 6.07 Å². The SMILES string of the molecule is COc1ccc(NC(=O)/C(C#N)=C\c2cccc(OCc3ccc(C(=O)O)cc3)c2)cc1. The highest BCUT2D eigenvalue weighted by molar-refractivity contribution is 6.09. The lowest BCUT2D eigenvalue weighted by Crippen LogP contribution is -2.13. The number of carboxylic acid groups (broad SMARTS) is 1. The van der Waals surface area contributed by atoms with Gasteiger partial charge in [0.15, 0.2) is 0 Å². The van der Waals surface area contributed by atoms with Gasteiger partial charge in [0.05, 0.1) is 12.7 Å². The summed E-state index contributed by atoms with van der Waals surface area (Å²) in [6.45, 7) is 0.246. The fraction of sp³-hybridized carbons (Fsp3) is 0.0800. The number of anilines is 1. The van der Waals surface area contributed by atoms with E-state index in [4.69, 9.17) is 14.6 Å². The van der Waals surface area contributed by atoms with Crippen LogP contribution in [0.15, 0.2) is 78.4 Å². The molecule has 0 saturated heterocycles. The topological polar surface area (TPSA) is 109 Å². The third-order valence-electron chi connectivity index (χ3n) is 4.49. The predicted molar refractivity (Wildman–Crippen MR) is 119 cm³/mol. The molecule has 0 aliphatic rings. The Hall–Kier alpha value is -4.57. The number of methoxy groups -OCH3 is 1. The molecular weight excluding hydrogens is 408 g/mol. The maximum atomic E-state index is 12.5. The number of carbonyl (C=O) groups is 2. The van der Waals surface area contributed by atoms with E-state index >= 15 is 0 Å². The number of carboxylic acids is 1. The molecule has 0 atom stereocenters. The van der Waals surface area contributed by atoms with E-state index in [2.05, 4.69) is 5.32 Å². The zero-order valence-electron chi connectivity index (χ0n) is 17.2. The van der Waals surface area contributed by atoms with Gasteiger partial charge in [-0.3, -0.25) is 4.79 Å². The number of nitrogens with zero attached hydrogens (tertiary/aromatic N) is 1. The lowest BCUT2D eigenvalue weighted by atomic mass is 10.1. The summed E-state index contributed by atoms with van der Waals surface area (Å²) in [7, 11) is 1.55. The molecule has 0 aromatic heterocycles. The Morgan fingerprint density at radius 3 is 2.38 bits per heavy atom. The van der Waals surface area contributed by atoms with Crippen molar-refractivity contribution in [3.8, 4) is 17.6 Å². The van der Waals surface area contributed by atoms with Crippen LogP contribution in [0.25, 0.3) is 6.08 Å². The van der Waals surface area contributed by atoms with E-state index in [0.29, 0.717) is 22.7 Å². The average molecular weight is 428 g/mol.